The molecule has 1 heterocycles. The van der Waals surface area contributed by atoms with Crippen LogP contribution in [0.25, 0.3) is 0 Å². The summed E-state index contributed by atoms with van der Waals surface area (Å²) in [4.78, 5) is 6.33. The van der Waals surface area contributed by atoms with Gasteiger partial charge in [0.25, 0.3) is 0 Å². The summed E-state index contributed by atoms with van der Waals surface area (Å²) in [6, 6.07) is 1.08. The molecule has 2 nitrogen and oxygen atoms in total. The van der Waals surface area contributed by atoms with E-state index in [4.69, 9.17) is 0 Å². The highest BCUT2D eigenvalue weighted by Gasteiger charge is 2.18. The van der Waals surface area contributed by atoms with Crippen molar-refractivity contribution in [2.24, 2.45) is 4.99 Å². The van der Waals surface area contributed by atoms with E-state index in [1.807, 2.05) is 6.34 Å². The van der Waals surface area contributed by atoms with Crippen molar-refractivity contribution in [3.63, 3.8) is 0 Å². The highest BCUT2D eigenvalue weighted by Crippen LogP contribution is 2.08. The highest BCUT2D eigenvalue weighted by atomic mass is 15.2. The summed E-state index contributed by atoms with van der Waals surface area (Å²) in [5.74, 6) is 0. The molecule has 8 heavy (non-hydrogen) atoms. The third kappa shape index (κ3) is 0.703. The lowest BCUT2D eigenvalue weighted by Crippen LogP contribution is -2.28. The van der Waals surface area contributed by atoms with E-state index in [9.17, 15) is 0 Å². The first kappa shape index (κ1) is 5.60. The van der Waals surface area contributed by atoms with Crippen LogP contribution in [-0.2, 0) is 0 Å². The monoisotopic (exact) mass is 112 g/mol. The SMILES string of the molecule is CC1[C@@H](C)N=CN1C. The van der Waals surface area contributed by atoms with Crippen LogP contribution in [0.15, 0.2) is 4.99 Å². The van der Waals surface area contributed by atoms with Crippen LogP contribution in [0.5, 0.6) is 0 Å². The van der Waals surface area contributed by atoms with E-state index in [1.54, 1.807) is 0 Å². The van der Waals surface area contributed by atoms with Crippen LogP contribution < -0.4 is 0 Å². The molecule has 0 aromatic carbocycles. The second-order valence-electron chi connectivity index (χ2n) is 2.41. The first-order valence-corrected chi connectivity index (χ1v) is 2.97. The third-order valence-corrected chi connectivity index (χ3v) is 1.82. The molecule has 0 saturated carbocycles. The van der Waals surface area contributed by atoms with Gasteiger partial charge in [0.15, 0.2) is 0 Å². The molecule has 0 radical (unpaired) electrons. The molecule has 0 bridgehead atoms. The topological polar surface area (TPSA) is 15.6 Å². The molecule has 0 spiro atoms. The fraction of sp³-hybridized carbons (Fsp3) is 0.833. The molecule has 0 fully saturated rings. The maximum absolute atomic E-state index is 4.20. The second-order valence-corrected chi connectivity index (χ2v) is 2.41. The van der Waals surface area contributed by atoms with E-state index >= 15 is 0 Å². The summed E-state index contributed by atoms with van der Waals surface area (Å²) in [5.41, 5.74) is 0. The minimum absolute atomic E-state index is 0.486. The van der Waals surface area contributed by atoms with E-state index in [0.29, 0.717) is 12.1 Å². The quantitative estimate of drug-likeness (QED) is 0.451. The smallest absolute Gasteiger partial charge is 0.0854 e. The van der Waals surface area contributed by atoms with Crippen molar-refractivity contribution in [1.29, 1.82) is 0 Å². The lowest BCUT2D eigenvalue weighted by Gasteiger charge is -2.16. The van der Waals surface area contributed by atoms with Gasteiger partial charge >= 0.3 is 0 Å². The Bertz CT molecular complexity index is 97.1. The van der Waals surface area contributed by atoms with Gasteiger partial charge in [0.2, 0.25) is 0 Å². The molecular weight excluding hydrogens is 100 g/mol. The molecule has 2 atom stereocenters. The lowest BCUT2D eigenvalue weighted by molar-refractivity contribution is 0.393. The number of rotatable bonds is 0. The summed E-state index contributed by atoms with van der Waals surface area (Å²) in [5, 5.41) is 0. The van der Waals surface area contributed by atoms with Crippen molar-refractivity contribution < 1.29 is 0 Å². The van der Waals surface area contributed by atoms with Crippen LogP contribution in [0.2, 0.25) is 0 Å². The molecule has 0 aromatic heterocycles. The van der Waals surface area contributed by atoms with Crippen molar-refractivity contribution in [3.05, 3.63) is 0 Å². The standard InChI is InChI=1S/C6H12N2/c1-5-6(2)8(3)4-7-5/h4-6H,1-3H3/t5-,6?/m1/s1. The Hall–Kier alpha value is -0.530. The Morgan fingerprint density at radius 3 is 2.25 bits per heavy atom. The van der Waals surface area contributed by atoms with Gasteiger partial charge in [-0.1, -0.05) is 0 Å². The fourth-order valence-electron chi connectivity index (χ4n) is 0.780. The average molecular weight is 112 g/mol. The zero-order valence-corrected chi connectivity index (χ0v) is 5.63. The van der Waals surface area contributed by atoms with Gasteiger partial charge in [0, 0.05) is 13.1 Å². The highest BCUT2D eigenvalue weighted by molar-refractivity contribution is 5.58. The van der Waals surface area contributed by atoms with Crippen LogP contribution in [0, 0.1) is 0 Å². The first-order chi connectivity index (χ1) is 3.72. The van der Waals surface area contributed by atoms with E-state index < -0.39 is 0 Å². The maximum atomic E-state index is 4.20. The van der Waals surface area contributed by atoms with Gasteiger partial charge in [0.1, 0.15) is 0 Å². The van der Waals surface area contributed by atoms with Gasteiger partial charge in [-0.25, -0.2) is 0 Å². The molecule has 1 aliphatic rings. The van der Waals surface area contributed by atoms with Gasteiger partial charge in [0.05, 0.1) is 12.4 Å². The summed E-state index contributed by atoms with van der Waals surface area (Å²) in [6.07, 6.45) is 1.90. The fourth-order valence-corrected chi connectivity index (χ4v) is 0.780. The van der Waals surface area contributed by atoms with Crippen LogP contribution in [0.3, 0.4) is 0 Å². The second kappa shape index (κ2) is 1.77. The molecule has 0 N–H and O–H groups in total. The molecule has 46 valence electrons. The summed E-state index contributed by atoms with van der Waals surface area (Å²) in [6.45, 7) is 4.31. The Labute approximate surface area is 50.2 Å². The van der Waals surface area contributed by atoms with Crippen molar-refractivity contribution in [2.45, 2.75) is 25.9 Å². The van der Waals surface area contributed by atoms with E-state index in [0.717, 1.165) is 0 Å². The lowest BCUT2D eigenvalue weighted by atomic mass is 10.2. The normalized spacial score (nSPS) is 36.6. The minimum Gasteiger partial charge on any atom is -0.361 e. The van der Waals surface area contributed by atoms with Gasteiger partial charge in [-0.2, -0.15) is 0 Å². The predicted molar refractivity (Wildman–Crippen MR) is 35.2 cm³/mol. The van der Waals surface area contributed by atoms with Crippen molar-refractivity contribution in [2.75, 3.05) is 7.05 Å². The number of likely N-dealkylation sites (N-methyl/N-ethyl adjacent to an activating group) is 1. The number of hydrogen-bond acceptors (Lipinski definition) is 2. The summed E-state index contributed by atoms with van der Waals surface area (Å²) < 4.78 is 0. The van der Waals surface area contributed by atoms with Gasteiger partial charge < -0.3 is 4.90 Å². The number of nitrogens with zero attached hydrogens (tertiary/aromatic N) is 2. The zero-order valence-electron chi connectivity index (χ0n) is 5.63. The van der Waals surface area contributed by atoms with Crippen LogP contribution in [0.4, 0.5) is 0 Å². The van der Waals surface area contributed by atoms with E-state index in [2.05, 4.69) is 30.8 Å². The molecule has 0 saturated heterocycles. The van der Waals surface area contributed by atoms with Crippen molar-refractivity contribution in [1.82, 2.24) is 4.90 Å². The summed E-state index contributed by atoms with van der Waals surface area (Å²) in [7, 11) is 2.05. The molecule has 1 aliphatic heterocycles. The van der Waals surface area contributed by atoms with Crippen molar-refractivity contribution >= 4 is 6.34 Å². The maximum Gasteiger partial charge on any atom is 0.0854 e. The molecule has 1 rings (SSSR count). The molecule has 2 heteroatoms. The van der Waals surface area contributed by atoms with Gasteiger partial charge in [-0.15, -0.1) is 0 Å². The third-order valence-electron chi connectivity index (χ3n) is 1.82. The molecular formula is C6H12N2. The van der Waals surface area contributed by atoms with Crippen LogP contribution in [-0.4, -0.2) is 30.4 Å². The molecule has 0 aliphatic carbocycles. The van der Waals surface area contributed by atoms with E-state index in [-0.39, 0.29) is 0 Å². The average Bonchev–Trinajstić information content (AvgIpc) is 1.98. The van der Waals surface area contributed by atoms with Crippen LogP contribution >= 0.6 is 0 Å². The molecule has 0 aromatic rings. The number of hydrogen-bond donors (Lipinski definition) is 0. The van der Waals surface area contributed by atoms with Gasteiger partial charge in [-0.05, 0) is 13.8 Å². The molecule has 0 amide bonds. The zero-order chi connectivity index (χ0) is 6.15. The Balaban J connectivity index is 2.55. The minimum atomic E-state index is 0.486. The Morgan fingerprint density at radius 2 is 2.12 bits per heavy atom. The Kier molecular flexibility index (Phi) is 1.24. The molecule has 1 unspecified atom stereocenters. The summed E-state index contributed by atoms with van der Waals surface area (Å²) >= 11 is 0. The number of aliphatic imine (C=N–C) groups is 1. The first-order valence-electron chi connectivity index (χ1n) is 2.97. The van der Waals surface area contributed by atoms with Crippen LogP contribution in [0.1, 0.15) is 13.8 Å². The Morgan fingerprint density at radius 1 is 1.50 bits per heavy atom. The predicted octanol–water partition coefficient (Wildman–Crippen LogP) is 0.737. The largest absolute Gasteiger partial charge is 0.361 e. The van der Waals surface area contributed by atoms with E-state index in [1.165, 1.54) is 0 Å². The van der Waals surface area contributed by atoms with Gasteiger partial charge in [-0.3, -0.25) is 4.99 Å². The van der Waals surface area contributed by atoms with Crippen molar-refractivity contribution in [3.8, 4) is 0 Å².